The average molecular weight is 544 g/mol. The van der Waals surface area contributed by atoms with Gasteiger partial charge in [-0.15, -0.1) is 24.0 Å². The van der Waals surface area contributed by atoms with Crippen molar-refractivity contribution >= 4 is 35.6 Å². The summed E-state index contributed by atoms with van der Waals surface area (Å²) in [6.07, 6.45) is 6.44. The molecule has 0 amide bonds. The van der Waals surface area contributed by atoms with Crippen LogP contribution < -0.4 is 20.3 Å². The van der Waals surface area contributed by atoms with Gasteiger partial charge in [-0.1, -0.05) is 18.6 Å². The molecule has 31 heavy (non-hydrogen) atoms. The van der Waals surface area contributed by atoms with E-state index in [1.807, 2.05) is 12.1 Å². The van der Waals surface area contributed by atoms with E-state index in [2.05, 4.69) is 46.4 Å². The number of halogens is 1. The predicted molar refractivity (Wildman–Crippen MR) is 142 cm³/mol. The fourth-order valence-corrected chi connectivity index (χ4v) is 4.63. The zero-order valence-corrected chi connectivity index (χ0v) is 21.9. The number of benzene rings is 1. The van der Waals surface area contributed by atoms with Crippen molar-refractivity contribution in [3.05, 3.63) is 24.3 Å². The molecule has 1 aromatic rings. The van der Waals surface area contributed by atoms with Crippen LogP contribution in [0.1, 0.15) is 46.0 Å². The summed E-state index contributed by atoms with van der Waals surface area (Å²) in [5.41, 5.74) is 1.20. The summed E-state index contributed by atoms with van der Waals surface area (Å²) < 4.78 is 5.54. The van der Waals surface area contributed by atoms with E-state index in [1.54, 1.807) is 7.11 Å². The van der Waals surface area contributed by atoms with E-state index >= 15 is 0 Å². The number of methoxy groups -OCH3 is 1. The van der Waals surface area contributed by atoms with E-state index in [0.29, 0.717) is 5.92 Å². The van der Waals surface area contributed by atoms with Gasteiger partial charge >= 0.3 is 0 Å². The van der Waals surface area contributed by atoms with Crippen LogP contribution in [0.4, 0.5) is 5.69 Å². The Morgan fingerprint density at radius 3 is 2.77 bits per heavy atom. The summed E-state index contributed by atoms with van der Waals surface area (Å²) in [5.74, 6) is 2.50. The number of nitrogens with zero attached hydrogens (tertiary/aromatic N) is 3. The molecule has 2 unspecified atom stereocenters. The molecule has 0 aromatic heterocycles. The number of anilines is 1. The van der Waals surface area contributed by atoms with E-state index in [4.69, 9.17) is 9.73 Å². The number of piperidine rings is 1. The number of aliphatic imine (C=N–C) groups is 1. The number of hydrogen-bond acceptors (Lipinski definition) is 4. The van der Waals surface area contributed by atoms with Gasteiger partial charge in [-0.2, -0.15) is 0 Å². The van der Waals surface area contributed by atoms with Crippen molar-refractivity contribution in [1.29, 1.82) is 0 Å². The molecule has 2 aliphatic rings. The lowest BCUT2D eigenvalue weighted by molar-refractivity contribution is 0.159. The van der Waals surface area contributed by atoms with Crippen LogP contribution in [0, 0.1) is 5.92 Å². The SMILES string of the molecule is CCNC(=NCC1CCN(c2ccccc2OC)C1)NCCCN1CCCCC1C.I. The van der Waals surface area contributed by atoms with Crippen molar-refractivity contribution in [2.24, 2.45) is 10.9 Å². The van der Waals surface area contributed by atoms with Crippen LogP contribution in [0.15, 0.2) is 29.3 Å². The Kier molecular flexibility index (Phi) is 11.8. The summed E-state index contributed by atoms with van der Waals surface area (Å²) in [5, 5.41) is 6.95. The fraction of sp³-hybridized carbons (Fsp3) is 0.708. The van der Waals surface area contributed by atoms with Crippen LogP contribution in [0.3, 0.4) is 0 Å². The van der Waals surface area contributed by atoms with Gasteiger partial charge in [0.05, 0.1) is 12.8 Å². The van der Waals surface area contributed by atoms with Gasteiger partial charge in [0.1, 0.15) is 5.75 Å². The third-order valence-corrected chi connectivity index (χ3v) is 6.42. The minimum atomic E-state index is 0. The van der Waals surface area contributed by atoms with E-state index in [1.165, 1.54) is 50.9 Å². The van der Waals surface area contributed by atoms with Gasteiger partial charge in [0.25, 0.3) is 0 Å². The van der Waals surface area contributed by atoms with Crippen LogP contribution >= 0.6 is 24.0 Å². The number of ether oxygens (including phenoxy) is 1. The molecule has 2 atom stereocenters. The molecule has 2 aliphatic heterocycles. The predicted octanol–water partition coefficient (Wildman–Crippen LogP) is 3.96. The van der Waals surface area contributed by atoms with Crippen molar-refractivity contribution in [1.82, 2.24) is 15.5 Å². The molecule has 6 nitrogen and oxygen atoms in total. The normalized spacial score (nSPS) is 22.2. The lowest BCUT2D eigenvalue weighted by atomic mass is 10.0. The maximum Gasteiger partial charge on any atom is 0.191 e. The third kappa shape index (κ3) is 8.00. The third-order valence-electron chi connectivity index (χ3n) is 6.42. The lowest BCUT2D eigenvalue weighted by Crippen LogP contribution is -2.41. The summed E-state index contributed by atoms with van der Waals surface area (Å²) in [6, 6.07) is 9.05. The Bertz CT molecular complexity index is 671. The Labute approximate surface area is 206 Å². The number of hydrogen-bond donors (Lipinski definition) is 2. The molecule has 3 rings (SSSR count). The minimum absolute atomic E-state index is 0. The van der Waals surface area contributed by atoms with Crippen LogP contribution in [-0.2, 0) is 0 Å². The van der Waals surface area contributed by atoms with Gasteiger partial charge in [-0.3, -0.25) is 4.99 Å². The second-order valence-corrected chi connectivity index (χ2v) is 8.65. The Morgan fingerprint density at radius 2 is 2.00 bits per heavy atom. The van der Waals surface area contributed by atoms with Crippen molar-refractivity contribution in [2.75, 3.05) is 57.8 Å². The lowest BCUT2D eigenvalue weighted by Gasteiger charge is -2.33. The molecule has 0 saturated carbocycles. The van der Waals surface area contributed by atoms with Gasteiger partial charge in [0.15, 0.2) is 5.96 Å². The second-order valence-electron chi connectivity index (χ2n) is 8.65. The molecule has 7 heteroatoms. The van der Waals surface area contributed by atoms with Crippen molar-refractivity contribution in [3.63, 3.8) is 0 Å². The fourth-order valence-electron chi connectivity index (χ4n) is 4.63. The summed E-state index contributed by atoms with van der Waals surface area (Å²) >= 11 is 0. The standard InChI is InChI=1S/C24H41N5O.HI/c1-4-25-24(26-14-9-16-28-15-8-7-10-20(28)2)27-18-21-13-17-29(19-21)22-11-5-6-12-23(22)30-3;/h5-6,11-12,20-21H,4,7-10,13-19H2,1-3H3,(H2,25,26,27);1H. The van der Waals surface area contributed by atoms with Gasteiger partial charge in [-0.25, -0.2) is 0 Å². The Hall–Kier alpha value is -1.22. The molecule has 2 saturated heterocycles. The van der Waals surface area contributed by atoms with E-state index in [9.17, 15) is 0 Å². The maximum absolute atomic E-state index is 5.54. The van der Waals surface area contributed by atoms with Crippen molar-refractivity contribution in [3.8, 4) is 5.75 Å². The molecule has 176 valence electrons. The first kappa shape index (κ1) is 26.0. The first-order valence-electron chi connectivity index (χ1n) is 11.9. The summed E-state index contributed by atoms with van der Waals surface area (Å²) in [6.45, 7) is 11.8. The number of nitrogens with one attached hydrogen (secondary N) is 2. The molecular weight excluding hydrogens is 501 g/mol. The number of guanidine groups is 1. The zero-order valence-electron chi connectivity index (χ0n) is 19.6. The first-order valence-corrected chi connectivity index (χ1v) is 11.9. The molecule has 2 N–H and O–H groups in total. The number of likely N-dealkylation sites (tertiary alicyclic amines) is 1. The van der Waals surface area contributed by atoms with Gasteiger partial charge in [0, 0.05) is 45.3 Å². The summed E-state index contributed by atoms with van der Waals surface area (Å²) in [7, 11) is 1.75. The summed E-state index contributed by atoms with van der Waals surface area (Å²) in [4.78, 5) is 9.96. The second kappa shape index (κ2) is 14.0. The molecule has 1 aromatic carbocycles. The minimum Gasteiger partial charge on any atom is -0.495 e. The molecule has 0 bridgehead atoms. The van der Waals surface area contributed by atoms with Crippen molar-refractivity contribution < 1.29 is 4.74 Å². The highest BCUT2D eigenvalue weighted by Crippen LogP contribution is 2.31. The monoisotopic (exact) mass is 543 g/mol. The highest BCUT2D eigenvalue weighted by atomic mass is 127. The van der Waals surface area contributed by atoms with E-state index in [0.717, 1.165) is 50.5 Å². The molecule has 0 radical (unpaired) electrons. The van der Waals surface area contributed by atoms with Gasteiger partial charge in [-0.05, 0) is 64.1 Å². The van der Waals surface area contributed by atoms with Gasteiger partial charge < -0.3 is 25.2 Å². The Balaban J connectivity index is 0.00000341. The quantitative estimate of drug-likeness (QED) is 0.214. The Morgan fingerprint density at radius 1 is 1.16 bits per heavy atom. The number of para-hydroxylation sites is 2. The van der Waals surface area contributed by atoms with Crippen LogP contribution in [0.5, 0.6) is 5.75 Å². The first-order chi connectivity index (χ1) is 14.7. The molecule has 2 heterocycles. The topological polar surface area (TPSA) is 52.1 Å². The maximum atomic E-state index is 5.54. The van der Waals surface area contributed by atoms with E-state index in [-0.39, 0.29) is 24.0 Å². The van der Waals surface area contributed by atoms with Crippen LogP contribution in [-0.4, -0.2) is 69.8 Å². The molecular formula is C24H42IN5O. The van der Waals surface area contributed by atoms with Crippen molar-refractivity contribution in [2.45, 2.75) is 52.0 Å². The molecule has 2 fully saturated rings. The number of rotatable bonds is 9. The molecule has 0 aliphatic carbocycles. The zero-order chi connectivity index (χ0) is 21.2. The highest BCUT2D eigenvalue weighted by molar-refractivity contribution is 14.0. The average Bonchev–Trinajstić information content (AvgIpc) is 3.25. The highest BCUT2D eigenvalue weighted by Gasteiger charge is 2.24. The molecule has 0 spiro atoms. The smallest absolute Gasteiger partial charge is 0.191 e. The van der Waals surface area contributed by atoms with Gasteiger partial charge in [0.2, 0.25) is 0 Å². The van der Waals surface area contributed by atoms with E-state index < -0.39 is 0 Å². The van der Waals surface area contributed by atoms with Crippen LogP contribution in [0.25, 0.3) is 0 Å². The van der Waals surface area contributed by atoms with Crippen LogP contribution in [0.2, 0.25) is 0 Å². The largest absolute Gasteiger partial charge is 0.495 e.